The Hall–Kier alpha value is -1.85. The van der Waals surface area contributed by atoms with Gasteiger partial charge in [-0.3, -0.25) is 0 Å². The summed E-state index contributed by atoms with van der Waals surface area (Å²) in [5, 5.41) is 9.75. The van der Waals surface area contributed by atoms with Crippen molar-refractivity contribution in [1.29, 1.82) is 5.26 Å². The minimum absolute atomic E-state index is 0.0836. The van der Waals surface area contributed by atoms with E-state index in [1.54, 1.807) is 0 Å². The molecule has 1 aliphatic rings. The van der Waals surface area contributed by atoms with Crippen LogP contribution in [-0.2, 0) is 0 Å². The predicted octanol–water partition coefficient (Wildman–Crippen LogP) is 3.29. The van der Waals surface area contributed by atoms with Gasteiger partial charge in [0.25, 0.3) is 0 Å². The molecule has 24 heavy (non-hydrogen) atoms. The normalized spacial score (nSPS) is 17.8. The molecule has 3 heterocycles. The number of anilines is 1. The van der Waals surface area contributed by atoms with Crippen LogP contribution in [-0.4, -0.2) is 41.4 Å². The highest BCUT2D eigenvalue weighted by Gasteiger charge is 2.27. The smallest absolute Gasteiger partial charge is 0.228 e. The van der Waals surface area contributed by atoms with Gasteiger partial charge in [-0.1, -0.05) is 23.4 Å². The van der Waals surface area contributed by atoms with Crippen molar-refractivity contribution < 1.29 is 9.13 Å². The molecule has 1 atom stereocenters. The van der Waals surface area contributed by atoms with E-state index >= 15 is 0 Å². The monoisotopic (exact) mass is 367 g/mol. The SMILES string of the molecule is COc1nc(Cl)c(F)c2nc(SC)nc(N3CCCC(C#N)C3)c12. The number of thioether (sulfide) groups is 1. The summed E-state index contributed by atoms with van der Waals surface area (Å²) in [6.45, 7) is 1.26. The van der Waals surface area contributed by atoms with E-state index in [2.05, 4.69) is 21.0 Å². The van der Waals surface area contributed by atoms with Crippen molar-refractivity contribution in [3.8, 4) is 11.9 Å². The number of hydrogen-bond acceptors (Lipinski definition) is 7. The molecule has 0 N–H and O–H groups in total. The number of nitrogens with zero attached hydrogens (tertiary/aromatic N) is 5. The first-order chi connectivity index (χ1) is 11.6. The van der Waals surface area contributed by atoms with E-state index < -0.39 is 5.82 Å². The minimum Gasteiger partial charge on any atom is -0.480 e. The van der Waals surface area contributed by atoms with Crippen LogP contribution in [0.4, 0.5) is 10.2 Å². The molecule has 0 saturated carbocycles. The van der Waals surface area contributed by atoms with Crippen molar-refractivity contribution in [2.24, 2.45) is 5.92 Å². The number of ether oxygens (including phenoxy) is 1. The summed E-state index contributed by atoms with van der Waals surface area (Å²) in [7, 11) is 1.44. The molecule has 1 unspecified atom stereocenters. The third-order valence-corrected chi connectivity index (χ3v) is 4.75. The molecule has 0 amide bonds. The summed E-state index contributed by atoms with van der Waals surface area (Å²) >= 11 is 7.17. The summed E-state index contributed by atoms with van der Waals surface area (Å²) < 4.78 is 19.8. The molecule has 1 aliphatic heterocycles. The molecule has 0 aliphatic carbocycles. The van der Waals surface area contributed by atoms with Gasteiger partial charge >= 0.3 is 0 Å². The van der Waals surface area contributed by atoms with Crippen molar-refractivity contribution in [3.63, 3.8) is 0 Å². The number of nitriles is 1. The van der Waals surface area contributed by atoms with E-state index in [9.17, 15) is 9.65 Å². The summed E-state index contributed by atoms with van der Waals surface area (Å²) in [4.78, 5) is 14.7. The summed E-state index contributed by atoms with van der Waals surface area (Å²) in [5.74, 6) is -0.0693. The minimum atomic E-state index is -0.694. The highest BCUT2D eigenvalue weighted by atomic mass is 35.5. The second-order valence-corrected chi connectivity index (χ2v) is 6.53. The molecule has 0 radical (unpaired) electrons. The van der Waals surface area contributed by atoms with Crippen LogP contribution in [0.15, 0.2) is 5.16 Å². The molecule has 0 bridgehead atoms. The zero-order chi connectivity index (χ0) is 17.3. The van der Waals surface area contributed by atoms with E-state index in [4.69, 9.17) is 16.3 Å². The highest BCUT2D eigenvalue weighted by molar-refractivity contribution is 7.98. The fourth-order valence-electron chi connectivity index (χ4n) is 2.82. The standard InChI is InChI=1S/C15H15ClFN5OS/c1-23-14-9-11(10(17)12(16)20-14)19-15(24-2)21-13(9)22-5-3-4-8(6-18)7-22/h8H,3-5,7H2,1-2H3. The van der Waals surface area contributed by atoms with Crippen LogP contribution in [0, 0.1) is 23.1 Å². The van der Waals surface area contributed by atoms with Gasteiger partial charge < -0.3 is 9.64 Å². The van der Waals surface area contributed by atoms with Crippen molar-refractivity contribution in [3.05, 3.63) is 11.0 Å². The number of halogens is 2. The molecule has 0 aromatic carbocycles. The maximum absolute atomic E-state index is 14.5. The Bertz CT molecular complexity index is 828. The number of hydrogen-bond donors (Lipinski definition) is 0. The van der Waals surface area contributed by atoms with Crippen molar-refractivity contribution in [2.75, 3.05) is 31.4 Å². The van der Waals surface area contributed by atoms with Gasteiger partial charge in [0.05, 0.1) is 19.1 Å². The fraction of sp³-hybridized carbons (Fsp3) is 0.467. The molecular weight excluding hydrogens is 353 g/mol. The lowest BCUT2D eigenvalue weighted by atomic mass is 9.99. The molecule has 6 nitrogen and oxygen atoms in total. The van der Waals surface area contributed by atoms with E-state index in [1.807, 2.05) is 11.2 Å². The van der Waals surface area contributed by atoms with Crippen LogP contribution in [0.25, 0.3) is 10.9 Å². The highest BCUT2D eigenvalue weighted by Crippen LogP contribution is 2.37. The molecule has 3 rings (SSSR count). The molecule has 1 saturated heterocycles. The molecule has 1 fully saturated rings. The van der Waals surface area contributed by atoms with E-state index in [-0.39, 0.29) is 22.5 Å². The quantitative estimate of drug-likeness (QED) is 0.468. The van der Waals surface area contributed by atoms with Crippen molar-refractivity contribution in [2.45, 2.75) is 18.0 Å². The number of pyridine rings is 1. The Morgan fingerprint density at radius 3 is 2.88 bits per heavy atom. The lowest BCUT2D eigenvalue weighted by Crippen LogP contribution is -2.35. The van der Waals surface area contributed by atoms with Gasteiger partial charge in [-0.2, -0.15) is 10.2 Å². The zero-order valence-electron chi connectivity index (χ0n) is 13.2. The molecule has 9 heteroatoms. The Balaban J connectivity index is 2.26. The van der Waals surface area contributed by atoms with Crippen LogP contribution in [0.5, 0.6) is 5.88 Å². The molecule has 2 aromatic rings. The first-order valence-electron chi connectivity index (χ1n) is 7.38. The Kier molecular flexibility index (Phi) is 4.92. The van der Waals surface area contributed by atoms with Gasteiger partial charge in [-0.15, -0.1) is 0 Å². The second-order valence-electron chi connectivity index (χ2n) is 5.40. The second kappa shape index (κ2) is 6.95. The summed E-state index contributed by atoms with van der Waals surface area (Å²) in [6.07, 6.45) is 3.53. The Morgan fingerprint density at radius 1 is 1.42 bits per heavy atom. The molecule has 126 valence electrons. The number of piperidine rings is 1. The third-order valence-electron chi connectivity index (χ3n) is 3.95. The predicted molar refractivity (Wildman–Crippen MR) is 91.2 cm³/mol. The maximum atomic E-state index is 14.5. The van der Waals surface area contributed by atoms with Crippen molar-refractivity contribution >= 4 is 40.1 Å². The largest absolute Gasteiger partial charge is 0.480 e. The lowest BCUT2D eigenvalue weighted by molar-refractivity contribution is 0.401. The molecule has 0 spiro atoms. The topological polar surface area (TPSA) is 74.9 Å². The van der Waals surface area contributed by atoms with Crippen LogP contribution in [0.3, 0.4) is 0 Å². The van der Waals surface area contributed by atoms with Crippen LogP contribution >= 0.6 is 23.4 Å². The average Bonchev–Trinajstić information content (AvgIpc) is 2.63. The van der Waals surface area contributed by atoms with E-state index in [0.29, 0.717) is 22.9 Å². The third kappa shape index (κ3) is 2.94. The van der Waals surface area contributed by atoms with Gasteiger partial charge in [0, 0.05) is 13.1 Å². The number of methoxy groups -OCH3 is 1. The van der Waals surface area contributed by atoms with Gasteiger partial charge in [-0.05, 0) is 19.1 Å². The Labute approximate surface area is 148 Å². The molecule has 2 aromatic heterocycles. The van der Waals surface area contributed by atoms with E-state index in [0.717, 1.165) is 19.4 Å². The average molecular weight is 368 g/mol. The van der Waals surface area contributed by atoms with Gasteiger partial charge in [0.15, 0.2) is 16.1 Å². The van der Waals surface area contributed by atoms with Gasteiger partial charge in [0.1, 0.15) is 16.7 Å². The van der Waals surface area contributed by atoms with Gasteiger partial charge in [-0.25, -0.2) is 14.4 Å². The van der Waals surface area contributed by atoms with Crippen LogP contribution < -0.4 is 9.64 Å². The first kappa shape index (κ1) is 17.0. The van der Waals surface area contributed by atoms with Crippen LogP contribution in [0.2, 0.25) is 5.15 Å². The first-order valence-corrected chi connectivity index (χ1v) is 8.98. The van der Waals surface area contributed by atoms with Crippen LogP contribution in [0.1, 0.15) is 12.8 Å². The number of aromatic nitrogens is 3. The van der Waals surface area contributed by atoms with Crippen molar-refractivity contribution in [1.82, 2.24) is 15.0 Å². The van der Waals surface area contributed by atoms with E-state index in [1.165, 1.54) is 18.9 Å². The zero-order valence-corrected chi connectivity index (χ0v) is 14.8. The molecular formula is C15H15ClFN5OS. The number of rotatable bonds is 3. The number of fused-ring (bicyclic) bond motifs is 1. The maximum Gasteiger partial charge on any atom is 0.228 e. The lowest BCUT2D eigenvalue weighted by Gasteiger charge is -2.31. The van der Waals surface area contributed by atoms with Gasteiger partial charge in [0.2, 0.25) is 5.88 Å². The Morgan fingerprint density at radius 2 is 2.21 bits per heavy atom. The summed E-state index contributed by atoms with van der Waals surface area (Å²) in [5.41, 5.74) is 0.0836. The fourth-order valence-corrected chi connectivity index (χ4v) is 3.35. The summed E-state index contributed by atoms with van der Waals surface area (Å²) in [6, 6.07) is 2.30.